The normalized spacial score (nSPS) is 13.0. The smallest absolute Gasteiger partial charge is 0.326 e. The Bertz CT molecular complexity index is 625. The van der Waals surface area contributed by atoms with Crippen molar-refractivity contribution < 1.29 is 23.1 Å². The summed E-state index contributed by atoms with van der Waals surface area (Å²) in [5.74, 6) is -2.20. The monoisotopic (exact) mass is 312 g/mol. The van der Waals surface area contributed by atoms with Crippen molar-refractivity contribution in [3.05, 3.63) is 36.2 Å². The minimum atomic E-state index is -3.28. The molecular weight excluding hydrogens is 296 g/mol. The van der Waals surface area contributed by atoms with Gasteiger partial charge in [0.15, 0.2) is 0 Å². The second-order valence-electron chi connectivity index (χ2n) is 4.44. The molecule has 0 aromatic carbocycles. The van der Waals surface area contributed by atoms with Gasteiger partial charge in [0.1, 0.15) is 15.9 Å². The largest absolute Gasteiger partial charge is 0.480 e. The van der Waals surface area contributed by atoms with Gasteiger partial charge < -0.3 is 10.4 Å². The van der Waals surface area contributed by atoms with E-state index in [1.165, 1.54) is 12.2 Å². The fourth-order valence-corrected chi connectivity index (χ4v) is 2.12. The summed E-state index contributed by atoms with van der Waals surface area (Å²) in [5, 5.41) is 11.2. The molecule has 0 aliphatic carbocycles. The van der Waals surface area contributed by atoms with Gasteiger partial charge in [0.25, 0.3) is 0 Å². The summed E-state index contributed by atoms with van der Waals surface area (Å²) in [4.78, 5) is 26.5. The lowest BCUT2D eigenvalue weighted by Gasteiger charge is -2.12. The molecule has 1 aromatic rings. The highest BCUT2D eigenvalue weighted by atomic mass is 32.2. The third-order valence-corrected chi connectivity index (χ3v) is 3.48. The molecule has 114 valence electrons. The maximum absolute atomic E-state index is 11.6. The molecule has 1 amide bonds. The molecule has 0 saturated heterocycles. The number of aliphatic carboxylic acids is 1. The van der Waals surface area contributed by atoms with Crippen molar-refractivity contribution >= 4 is 27.8 Å². The van der Waals surface area contributed by atoms with Gasteiger partial charge in [0, 0.05) is 24.7 Å². The zero-order chi connectivity index (χ0) is 15.9. The van der Waals surface area contributed by atoms with Crippen LogP contribution in [0.25, 0.3) is 6.08 Å². The SMILES string of the molecule is CS(=O)(=O)CCC(NC(=O)/C=C/c1cccnc1)C(=O)O. The minimum Gasteiger partial charge on any atom is -0.480 e. The van der Waals surface area contributed by atoms with Gasteiger partial charge in [-0.2, -0.15) is 0 Å². The zero-order valence-electron chi connectivity index (χ0n) is 11.4. The zero-order valence-corrected chi connectivity index (χ0v) is 12.2. The Morgan fingerprint density at radius 2 is 2.19 bits per heavy atom. The summed E-state index contributed by atoms with van der Waals surface area (Å²) in [6.45, 7) is 0. The first-order chi connectivity index (χ1) is 9.78. The van der Waals surface area contributed by atoms with Crippen LogP contribution in [0.5, 0.6) is 0 Å². The summed E-state index contributed by atoms with van der Waals surface area (Å²) in [7, 11) is -3.28. The molecule has 7 nitrogen and oxygen atoms in total. The van der Waals surface area contributed by atoms with Gasteiger partial charge in [0.05, 0.1) is 5.75 Å². The number of aromatic nitrogens is 1. The predicted octanol–water partition coefficient (Wildman–Crippen LogP) is 0.0989. The number of nitrogens with one attached hydrogen (secondary N) is 1. The van der Waals surface area contributed by atoms with E-state index in [0.29, 0.717) is 5.56 Å². The second kappa shape index (κ2) is 7.53. The van der Waals surface area contributed by atoms with E-state index in [1.807, 2.05) is 0 Å². The number of nitrogens with zero attached hydrogens (tertiary/aromatic N) is 1. The highest BCUT2D eigenvalue weighted by molar-refractivity contribution is 7.90. The molecule has 0 aliphatic heterocycles. The number of hydrogen-bond acceptors (Lipinski definition) is 5. The van der Waals surface area contributed by atoms with Crippen LogP contribution in [0.2, 0.25) is 0 Å². The van der Waals surface area contributed by atoms with E-state index in [9.17, 15) is 18.0 Å². The first-order valence-electron chi connectivity index (χ1n) is 6.07. The first-order valence-corrected chi connectivity index (χ1v) is 8.13. The first kappa shape index (κ1) is 16.8. The maximum Gasteiger partial charge on any atom is 0.326 e. The van der Waals surface area contributed by atoms with Crippen LogP contribution >= 0.6 is 0 Å². The van der Waals surface area contributed by atoms with Gasteiger partial charge in [-0.15, -0.1) is 0 Å². The molecule has 0 bridgehead atoms. The maximum atomic E-state index is 11.6. The lowest BCUT2D eigenvalue weighted by molar-refractivity contribution is -0.141. The van der Waals surface area contributed by atoms with Crippen LogP contribution in [0.1, 0.15) is 12.0 Å². The topological polar surface area (TPSA) is 113 Å². The fourth-order valence-electron chi connectivity index (χ4n) is 1.46. The van der Waals surface area contributed by atoms with E-state index < -0.39 is 27.8 Å². The lowest BCUT2D eigenvalue weighted by atomic mass is 10.2. The van der Waals surface area contributed by atoms with Gasteiger partial charge in [-0.3, -0.25) is 9.78 Å². The van der Waals surface area contributed by atoms with Crippen LogP contribution in [-0.4, -0.2) is 48.4 Å². The average molecular weight is 312 g/mol. The van der Waals surface area contributed by atoms with Crippen molar-refractivity contribution in [3.8, 4) is 0 Å². The fraction of sp³-hybridized carbons (Fsp3) is 0.308. The summed E-state index contributed by atoms with van der Waals surface area (Å²) in [6.07, 6.45) is 6.62. The number of pyridine rings is 1. The van der Waals surface area contributed by atoms with Crippen molar-refractivity contribution in [2.75, 3.05) is 12.0 Å². The van der Waals surface area contributed by atoms with Gasteiger partial charge in [0.2, 0.25) is 5.91 Å². The molecular formula is C13H16N2O5S. The summed E-state index contributed by atoms with van der Waals surface area (Å²) >= 11 is 0. The van der Waals surface area contributed by atoms with E-state index in [2.05, 4.69) is 10.3 Å². The predicted molar refractivity (Wildman–Crippen MR) is 77.2 cm³/mol. The van der Waals surface area contributed by atoms with Crippen LogP contribution in [0.15, 0.2) is 30.6 Å². The van der Waals surface area contributed by atoms with E-state index in [1.54, 1.807) is 24.5 Å². The number of amides is 1. The Kier molecular flexibility index (Phi) is 6.04. The standard InChI is InChI=1S/C13H16N2O5S/c1-21(19,20)8-6-11(13(17)18)15-12(16)5-4-10-3-2-7-14-9-10/h2-5,7,9,11H,6,8H2,1H3,(H,15,16)(H,17,18)/b5-4+. The molecule has 8 heteroatoms. The number of rotatable bonds is 7. The molecule has 0 spiro atoms. The third kappa shape index (κ3) is 7.21. The Morgan fingerprint density at radius 1 is 1.48 bits per heavy atom. The number of carbonyl (C=O) groups excluding carboxylic acids is 1. The van der Waals surface area contributed by atoms with E-state index in [-0.39, 0.29) is 12.2 Å². The van der Waals surface area contributed by atoms with Gasteiger partial charge in [-0.1, -0.05) is 6.07 Å². The Labute approximate surface area is 122 Å². The van der Waals surface area contributed by atoms with Crippen LogP contribution < -0.4 is 5.32 Å². The number of carboxylic acid groups (broad SMARTS) is 1. The second-order valence-corrected chi connectivity index (χ2v) is 6.70. The number of hydrogen-bond donors (Lipinski definition) is 2. The average Bonchev–Trinajstić information content (AvgIpc) is 2.41. The highest BCUT2D eigenvalue weighted by Gasteiger charge is 2.20. The van der Waals surface area contributed by atoms with Crippen LogP contribution in [0, 0.1) is 0 Å². The van der Waals surface area contributed by atoms with Crippen LogP contribution in [0.4, 0.5) is 0 Å². The Morgan fingerprint density at radius 3 is 2.71 bits per heavy atom. The van der Waals surface area contributed by atoms with Gasteiger partial charge in [-0.05, 0) is 24.1 Å². The molecule has 0 fully saturated rings. The number of carbonyl (C=O) groups is 2. The van der Waals surface area contributed by atoms with Crippen molar-refractivity contribution in [2.24, 2.45) is 0 Å². The molecule has 1 heterocycles. The summed E-state index contributed by atoms with van der Waals surface area (Å²) in [5.41, 5.74) is 0.690. The van der Waals surface area contributed by atoms with E-state index >= 15 is 0 Å². The van der Waals surface area contributed by atoms with Gasteiger partial charge >= 0.3 is 5.97 Å². The van der Waals surface area contributed by atoms with Crippen molar-refractivity contribution in [2.45, 2.75) is 12.5 Å². The molecule has 1 unspecified atom stereocenters. The summed E-state index contributed by atoms with van der Waals surface area (Å²) < 4.78 is 22.1. The molecule has 0 radical (unpaired) electrons. The van der Waals surface area contributed by atoms with Gasteiger partial charge in [-0.25, -0.2) is 13.2 Å². The Balaban J connectivity index is 2.61. The molecule has 1 rings (SSSR count). The lowest BCUT2D eigenvalue weighted by Crippen LogP contribution is -2.41. The number of carboxylic acids is 1. The molecule has 1 aromatic heterocycles. The minimum absolute atomic E-state index is 0.180. The molecule has 0 saturated carbocycles. The van der Waals surface area contributed by atoms with Crippen LogP contribution in [0.3, 0.4) is 0 Å². The van der Waals surface area contributed by atoms with Crippen molar-refractivity contribution in [1.29, 1.82) is 0 Å². The molecule has 0 aliphatic rings. The molecule has 1 atom stereocenters. The molecule has 2 N–H and O–H groups in total. The third-order valence-electron chi connectivity index (χ3n) is 2.50. The Hall–Kier alpha value is -2.22. The number of sulfone groups is 1. The summed E-state index contributed by atoms with van der Waals surface area (Å²) in [6, 6.07) is 2.18. The van der Waals surface area contributed by atoms with Crippen molar-refractivity contribution in [3.63, 3.8) is 0 Å². The highest BCUT2D eigenvalue weighted by Crippen LogP contribution is 2.00. The van der Waals surface area contributed by atoms with Crippen LogP contribution in [-0.2, 0) is 19.4 Å². The van der Waals surface area contributed by atoms with E-state index in [4.69, 9.17) is 5.11 Å². The van der Waals surface area contributed by atoms with Crippen molar-refractivity contribution in [1.82, 2.24) is 10.3 Å². The van der Waals surface area contributed by atoms with E-state index in [0.717, 1.165) is 6.26 Å². The quantitative estimate of drug-likeness (QED) is 0.690. The molecule has 21 heavy (non-hydrogen) atoms.